The quantitative estimate of drug-likeness (QED) is 0.313. The number of fused-ring (bicyclic) bond motifs is 1. The molecular formula is C27H30O7. The van der Waals surface area contributed by atoms with E-state index in [0.29, 0.717) is 33.8 Å². The average molecular weight is 467 g/mol. The summed E-state index contributed by atoms with van der Waals surface area (Å²) in [7, 11) is 4.67. The number of ether oxygens (including phenoxy) is 5. The van der Waals surface area contributed by atoms with Crippen molar-refractivity contribution in [3.05, 3.63) is 42.5 Å². The van der Waals surface area contributed by atoms with Gasteiger partial charge in [0.15, 0.2) is 11.5 Å². The van der Waals surface area contributed by atoms with E-state index < -0.39 is 11.9 Å². The molecule has 0 bridgehead atoms. The first-order valence-corrected chi connectivity index (χ1v) is 11.0. The van der Waals surface area contributed by atoms with Gasteiger partial charge in [-0.1, -0.05) is 52.0 Å². The van der Waals surface area contributed by atoms with Gasteiger partial charge in [0, 0.05) is 23.1 Å². The molecule has 0 aliphatic carbocycles. The summed E-state index contributed by atoms with van der Waals surface area (Å²) in [4.78, 5) is 25.1. The van der Waals surface area contributed by atoms with Gasteiger partial charge in [-0.2, -0.15) is 0 Å². The molecule has 180 valence electrons. The molecule has 0 atom stereocenters. The minimum atomic E-state index is -0.447. The Labute approximate surface area is 199 Å². The highest BCUT2D eigenvalue weighted by molar-refractivity contribution is 6.05. The summed E-state index contributed by atoms with van der Waals surface area (Å²) in [5, 5.41) is 1.38. The van der Waals surface area contributed by atoms with Gasteiger partial charge >= 0.3 is 11.9 Å². The lowest BCUT2D eigenvalue weighted by atomic mass is 9.95. The lowest BCUT2D eigenvalue weighted by Crippen LogP contribution is -2.18. The highest BCUT2D eigenvalue weighted by atomic mass is 16.6. The Hall–Kier alpha value is -3.74. The third kappa shape index (κ3) is 4.93. The van der Waals surface area contributed by atoms with Crippen molar-refractivity contribution in [1.29, 1.82) is 0 Å². The number of hydrogen-bond acceptors (Lipinski definition) is 7. The summed E-state index contributed by atoms with van der Waals surface area (Å²) >= 11 is 0. The van der Waals surface area contributed by atoms with Crippen LogP contribution in [-0.2, 0) is 9.59 Å². The van der Waals surface area contributed by atoms with E-state index in [2.05, 4.69) is 0 Å². The van der Waals surface area contributed by atoms with E-state index in [-0.39, 0.29) is 23.3 Å². The van der Waals surface area contributed by atoms with E-state index >= 15 is 0 Å². The van der Waals surface area contributed by atoms with Crippen LogP contribution in [0.1, 0.15) is 27.7 Å². The van der Waals surface area contributed by atoms with E-state index in [9.17, 15) is 9.59 Å². The zero-order valence-corrected chi connectivity index (χ0v) is 20.6. The molecule has 0 saturated carbocycles. The molecule has 34 heavy (non-hydrogen) atoms. The maximum Gasteiger partial charge on any atom is 0.313 e. The van der Waals surface area contributed by atoms with Crippen LogP contribution < -0.4 is 23.7 Å². The fraction of sp³-hybridized carbons (Fsp3) is 0.333. The standard InChI is InChI=1S/C27H30O7/c1-15(2)26(28)33-23-14-20(24-21(31-6)12-17(30-5)13-22(24)32-7)18-10-8-9-11-19(18)25(23)34-27(29)16(3)4/h8-16H,1-7H3. The van der Waals surface area contributed by atoms with Gasteiger partial charge in [-0.25, -0.2) is 0 Å². The molecule has 0 aromatic heterocycles. The van der Waals surface area contributed by atoms with Crippen molar-refractivity contribution in [1.82, 2.24) is 0 Å². The second kappa shape index (κ2) is 10.5. The largest absolute Gasteiger partial charge is 0.496 e. The predicted molar refractivity (Wildman–Crippen MR) is 130 cm³/mol. The van der Waals surface area contributed by atoms with E-state index in [0.717, 1.165) is 5.39 Å². The first-order chi connectivity index (χ1) is 16.2. The number of esters is 2. The lowest BCUT2D eigenvalue weighted by molar-refractivity contribution is -0.140. The van der Waals surface area contributed by atoms with Crippen LogP contribution in [0.25, 0.3) is 21.9 Å². The number of rotatable bonds is 8. The summed E-state index contributed by atoms with van der Waals surface area (Å²) in [5.41, 5.74) is 1.33. The fourth-order valence-corrected chi connectivity index (χ4v) is 3.43. The Kier molecular flexibility index (Phi) is 7.66. The Morgan fingerprint density at radius 3 is 1.71 bits per heavy atom. The van der Waals surface area contributed by atoms with Crippen molar-refractivity contribution < 1.29 is 33.3 Å². The fourth-order valence-electron chi connectivity index (χ4n) is 3.43. The topological polar surface area (TPSA) is 80.3 Å². The molecule has 0 aliphatic rings. The first-order valence-electron chi connectivity index (χ1n) is 11.0. The predicted octanol–water partition coefficient (Wildman–Crippen LogP) is 5.66. The third-order valence-electron chi connectivity index (χ3n) is 5.30. The molecule has 0 radical (unpaired) electrons. The van der Waals surface area contributed by atoms with E-state index in [4.69, 9.17) is 23.7 Å². The van der Waals surface area contributed by atoms with Crippen molar-refractivity contribution in [3.8, 4) is 39.9 Å². The molecular weight excluding hydrogens is 436 g/mol. The molecule has 0 heterocycles. The van der Waals surface area contributed by atoms with Crippen LogP contribution in [0, 0.1) is 11.8 Å². The smallest absolute Gasteiger partial charge is 0.313 e. The minimum absolute atomic E-state index is 0.140. The number of benzene rings is 3. The highest BCUT2D eigenvalue weighted by Crippen LogP contribution is 2.49. The summed E-state index contributed by atoms with van der Waals surface area (Å²) in [6.45, 7) is 6.96. The molecule has 3 aromatic carbocycles. The summed E-state index contributed by atoms with van der Waals surface area (Å²) < 4.78 is 28.2. The second-order valence-electron chi connectivity index (χ2n) is 8.36. The minimum Gasteiger partial charge on any atom is -0.496 e. The van der Waals surface area contributed by atoms with Gasteiger partial charge in [0.1, 0.15) is 17.2 Å². The van der Waals surface area contributed by atoms with E-state index in [1.165, 1.54) is 0 Å². The summed E-state index contributed by atoms with van der Waals surface area (Å²) in [6, 6.07) is 12.6. The highest BCUT2D eigenvalue weighted by Gasteiger charge is 2.25. The maximum atomic E-state index is 12.6. The molecule has 0 spiro atoms. The number of hydrogen-bond donors (Lipinski definition) is 0. The SMILES string of the molecule is COc1cc(OC)c(-c2cc(OC(=O)C(C)C)c(OC(=O)C(C)C)c3ccccc23)c(OC)c1. The van der Waals surface area contributed by atoms with Crippen LogP contribution in [0.5, 0.6) is 28.7 Å². The van der Waals surface area contributed by atoms with Crippen molar-refractivity contribution in [3.63, 3.8) is 0 Å². The number of carbonyl (C=O) groups excluding carboxylic acids is 2. The van der Waals surface area contributed by atoms with Gasteiger partial charge in [-0.3, -0.25) is 9.59 Å². The van der Waals surface area contributed by atoms with Gasteiger partial charge in [0.25, 0.3) is 0 Å². The zero-order chi connectivity index (χ0) is 25.0. The molecule has 0 fully saturated rings. The first kappa shape index (κ1) is 24.9. The molecule has 0 N–H and O–H groups in total. The average Bonchev–Trinajstić information content (AvgIpc) is 2.83. The zero-order valence-electron chi connectivity index (χ0n) is 20.6. The van der Waals surface area contributed by atoms with Crippen LogP contribution in [0.4, 0.5) is 0 Å². The number of methoxy groups -OCH3 is 3. The van der Waals surface area contributed by atoms with Crippen LogP contribution in [0.3, 0.4) is 0 Å². The van der Waals surface area contributed by atoms with Gasteiger partial charge < -0.3 is 23.7 Å². The lowest BCUT2D eigenvalue weighted by Gasteiger charge is -2.20. The molecule has 0 amide bonds. The molecule has 0 saturated heterocycles. The van der Waals surface area contributed by atoms with Crippen LogP contribution in [0.2, 0.25) is 0 Å². The normalized spacial score (nSPS) is 11.0. The van der Waals surface area contributed by atoms with Gasteiger partial charge in [-0.15, -0.1) is 0 Å². The monoisotopic (exact) mass is 466 g/mol. The van der Waals surface area contributed by atoms with Gasteiger partial charge in [0.2, 0.25) is 0 Å². The summed E-state index contributed by atoms with van der Waals surface area (Å²) in [5.74, 6) is 0.290. The molecule has 7 nitrogen and oxygen atoms in total. The van der Waals surface area contributed by atoms with E-state index in [1.807, 2.05) is 24.3 Å². The molecule has 0 aliphatic heterocycles. The van der Waals surface area contributed by atoms with Crippen molar-refractivity contribution in [2.75, 3.05) is 21.3 Å². The van der Waals surface area contributed by atoms with Crippen molar-refractivity contribution >= 4 is 22.7 Å². The third-order valence-corrected chi connectivity index (χ3v) is 5.30. The molecule has 3 rings (SSSR count). The Bertz CT molecular complexity index is 1190. The summed E-state index contributed by atoms with van der Waals surface area (Å²) in [6.07, 6.45) is 0. The van der Waals surface area contributed by atoms with Crippen LogP contribution in [0.15, 0.2) is 42.5 Å². The van der Waals surface area contributed by atoms with Gasteiger partial charge in [-0.05, 0) is 11.5 Å². The Morgan fingerprint density at radius 2 is 1.21 bits per heavy atom. The van der Waals surface area contributed by atoms with E-state index in [1.54, 1.807) is 67.2 Å². The Morgan fingerprint density at radius 1 is 0.676 bits per heavy atom. The molecule has 7 heteroatoms. The number of carbonyl (C=O) groups is 2. The van der Waals surface area contributed by atoms with Crippen molar-refractivity contribution in [2.24, 2.45) is 11.8 Å². The molecule has 0 unspecified atom stereocenters. The van der Waals surface area contributed by atoms with Crippen LogP contribution >= 0.6 is 0 Å². The van der Waals surface area contributed by atoms with Crippen LogP contribution in [-0.4, -0.2) is 33.3 Å². The maximum absolute atomic E-state index is 12.6. The van der Waals surface area contributed by atoms with Crippen molar-refractivity contribution in [2.45, 2.75) is 27.7 Å². The molecule has 3 aromatic rings. The Balaban J connectivity index is 2.39. The van der Waals surface area contributed by atoms with Gasteiger partial charge in [0.05, 0.1) is 38.7 Å². The second-order valence-corrected chi connectivity index (χ2v) is 8.36.